The lowest BCUT2D eigenvalue weighted by Crippen LogP contribution is -2.39. The van der Waals surface area contributed by atoms with Gasteiger partial charge in [0.05, 0.1) is 6.10 Å². The molecule has 0 bridgehead atoms. The van der Waals surface area contributed by atoms with Gasteiger partial charge in [0, 0.05) is 0 Å². The lowest BCUT2D eigenvalue weighted by molar-refractivity contribution is 0.0557. The lowest BCUT2D eigenvalue weighted by Gasteiger charge is -2.30. The van der Waals surface area contributed by atoms with Crippen LogP contribution in [0.3, 0.4) is 0 Å². The van der Waals surface area contributed by atoms with Gasteiger partial charge in [0.2, 0.25) is 0 Å². The first-order valence-corrected chi connectivity index (χ1v) is 11.5. The first kappa shape index (κ1) is 16.5. The molecule has 1 aliphatic carbocycles. The Balaban J connectivity index is 1.98. The molecule has 1 nitrogen and oxygen atoms in total. The maximum atomic E-state index is 10.6. The van der Waals surface area contributed by atoms with Crippen LogP contribution in [0.5, 0.6) is 0 Å². The van der Waals surface area contributed by atoms with Crippen molar-refractivity contribution in [3.8, 4) is 0 Å². The van der Waals surface area contributed by atoms with E-state index in [-0.39, 0.29) is 12.0 Å². The van der Waals surface area contributed by atoms with Gasteiger partial charge in [-0.15, -0.1) is 0 Å². The van der Waals surface area contributed by atoms with E-state index in [0.717, 1.165) is 0 Å². The van der Waals surface area contributed by atoms with Crippen LogP contribution in [-0.4, -0.2) is 19.3 Å². The maximum absolute atomic E-state index is 10.6. The fourth-order valence-electron chi connectivity index (χ4n) is 3.38. The van der Waals surface area contributed by atoms with Crippen LogP contribution in [0.25, 0.3) is 0 Å². The van der Waals surface area contributed by atoms with Crippen molar-refractivity contribution in [2.24, 2.45) is 11.8 Å². The van der Waals surface area contributed by atoms with Gasteiger partial charge < -0.3 is 5.11 Å². The Morgan fingerprint density at radius 2 is 1.71 bits per heavy atom. The summed E-state index contributed by atoms with van der Waals surface area (Å²) in [7, 11) is -1.53. The average molecular weight is 303 g/mol. The molecule has 1 aliphatic rings. The van der Waals surface area contributed by atoms with Gasteiger partial charge in [-0.2, -0.15) is 0 Å². The minimum absolute atomic E-state index is 0.165. The van der Waals surface area contributed by atoms with Crippen LogP contribution in [0.1, 0.15) is 39.0 Å². The fourth-order valence-corrected chi connectivity index (χ4v) is 5.40. The van der Waals surface area contributed by atoms with Crippen molar-refractivity contribution < 1.29 is 5.11 Å². The number of benzene rings is 1. The summed E-state index contributed by atoms with van der Waals surface area (Å²) in [6.45, 7) is 6.92. The normalized spacial score (nSPS) is 20.6. The molecule has 1 N–H and O–H groups in total. The second-order valence-corrected chi connectivity index (χ2v) is 11.5. The molecule has 21 heavy (non-hydrogen) atoms. The van der Waals surface area contributed by atoms with E-state index in [1.807, 2.05) is 0 Å². The molecule has 1 saturated carbocycles. The van der Waals surface area contributed by atoms with Crippen LogP contribution in [0.4, 0.5) is 0 Å². The van der Waals surface area contributed by atoms with E-state index in [0.29, 0.717) is 5.92 Å². The summed E-state index contributed by atoms with van der Waals surface area (Å²) >= 11 is 0. The van der Waals surface area contributed by atoms with E-state index >= 15 is 0 Å². The Hall–Kier alpha value is -0.863. The van der Waals surface area contributed by atoms with Gasteiger partial charge in [-0.3, -0.25) is 0 Å². The highest BCUT2D eigenvalue weighted by atomic mass is 28.3. The topological polar surface area (TPSA) is 20.2 Å². The van der Waals surface area contributed by atoms with E-state index in [4.69, 9.17) is 0 Å². The first-order valence-electron chi connectivity index (χ1n) is 8.43. The lowest BCUT2D eigenvalue weighted by atomic mass is 9.81. The third kappa shape index (κ3) is 4.55. The largest absolute Gasteiger partial charge is 0.392 e. The number of hydrogen-bond acceptors (Lipinski definition) is 1. The first-order chi connectivity index (χ1) is 10.0. The minimum atomic E-state index is -1.53. The molecule has 2 rings (SSSR count). The van der Waals surface area contributed by atoms with E-state index in [1.54, 1.807) is 0 Å². The van der Waals surface area contributed by atoms with Crippen molar-refractivity contribution in [1.29, 1.82) is 0 Å². The highest BCUT2D eigenvalue weighted by Crippen LogP contribution is 2.30. The van der Waals surface area contributed by atoms with Crippen molar-refractivity contribution in [3.05, 3.63) is 42.1 Å². The Morgan fingerprint density at radius 3 is 2.33 bits per heavy atom. The van der Waals surface area contributed by atoms with Crippen molar-refractivity contribution in [1.82, 2.24) is 0 Å². The predicted octanol–water partition coefficient (Wildman–Crippen LogP) is 4.27. The maximum Gasteiger partial charge on any atom is 0.103 e. The van der Waals surface area contributed by atoms with Gasteiger partial charge in [-0.25, -0.2) is 0 Å². The van der Waals surface area contributed by atoms with Crippen LogP contribution in [0.2, 0.25) is 13.1 Å². The van der Waals surface area contributed by atoms with E-state index in [2.05, 4.69) is 62.1 Å². The molecule has 1 aromatic carbocycles. The average Bonchev–Trinajstić information content (AvgIpc) is 2.53. The van der Waals surface area contributed by atoms with Crippen molar-refractivity contribution in [3.63, 3.8) is 0 Å². The molecule has 1 fully saturated rings. The summed E-state index contributed by atoms with van der Waals surface area (Å²) in [4.78, 5) is 0. The number of rotatable bonds is 5. The molecule has 2 heteroatoms. The van der Waals surface area contributed by atoms with Gasteiger partial charge >= 0.3 is 0 Å². The smallest absolute Gasteiger partial charge is 0.103 e. The Kier molecular flexibility index (Phi) is 5.83. The number of aliphatic hydroxyl groups excluding tert-OH is 1. The second-order valence-electron chi connectivity index (χ2n) is 7.19. The Labute approximate surface area is 131 Å². The van der Waals surface area contributed by atoms with Crippen molar-refractivity contribution >= 4 is 13.3 Å². The molecular weight excluding hydrogens is 272 g/mol. The Morgan fingerprint density at radius 1 is 1.10 bits per heavy atom. The quantitative estimate of drug-likeness (QED) is 0.805. The SMILES string of the molecule is C[C@@H](/C=C/[Si](C)(C)c1ccccc1)[C@H](O)C1CCCCC1. The van der Waals surface area contributed by atoms with Gasteiger partial charge in [-0.05, 0) is 24.7 Å². The third-order valence-electron chi connectivity index (χ3n) is 5.01. The third-order valence-corrected chi connectivity index (χ3v) is 7.85. The molecule has 0 aliphatic heterocycles. The molecular formula is C19H30OSi. The highest BCUT2D eigenvalue weighted by Gasteiger charge is 2.26. The van der Waals surface area contributed by atoms with Gasteiger partial charge in [-0.1, -0.05) is 86.6 Å². The molecule has 2 atom stereocenters. The van der Waals surface area contributed by atoms with Crippen LogP contribution >= 0.6 is 0 Å². The minimum Gasteiger partial charge on any atom is -0.392 e. The molecule has 0 saturated heterocycles. The van der Waals surface area contributed by atoms with Gasteiger partial charge in [0.15, 0.2) is 0 Å². The summed E-state index contributed by atoms with van der Waals surface area (Å²) in [6.07, 6.45) is 8.46. The summed E-state index contributed by atoms with van der Waals surface area (Å²) in [5, 5.41) is 12.0. The van der Waals surface area contributed by atoms with Crippen LogP contribution < -0.4 is 5.19 Å². The van der Waals surface area contributed by atoms with Crippen LogP contribution in [0, 0.1) is 11.8 Å². The summed E-state index contributed by atoms with van der Waals surface area (Å²) in [6, 6.07) is 10.8. The second kappa shape index (κ2) is 7.41. The molecule has 0 amide bonds. The monoisotopic (exact) mass is 302 g/mol. The van der Waals surface area contributed by atoms with E-state index in [9.17, 15) is 5.11 Å². The molecule has 0 radical (unpaired) electrons. The highest BCUT2D eigenvalue weighted by molar-refractivity contribution is 6.93. The van der Waals surface area contributed by atoms with E-state index < -0.39 is 8.07 Å². The zero-order valence-electron chi connectivity index (χ0n) is 13.8. The van der Waals surface area contributed by atoms with Crippen LogP contribution in [-0.2, 0) is 0 Å². The van der Waals surface area contributed by atoms with Crippen molar-refractivity contribution in [2.45, 2.75) is 58.2 Å². The van der Waals surface area contributed by atoms with Gasteiger partial charge in [0.1, 0.15) is 8.07 Å². The Bertz CT molecular complexity index is 446. The number of aliphatic hydroxyl groups is 1. The fraction of sp³-hybridized carbons (Fsp3) is 0.579. The van der Waals surface area contributed by atoms with Gasteiger partial charge in [0.25, 0.3) is 0 Å². The zero-order chi connectivity index (χ0) is 15.3. The van der Waals surface area contributed by atoms with E-state index in [1.165, 1.54) is 37.3 Å². The summed E-state index contributed by atoms with van der Waals surface area (Å²) < 4.78 is 0. The summed E-state index contributed by atoms with van der Waals surface area (Å²) in [5.41, 5.74) is 2.40. The van der Waals surface area contributed by atoms with Crippen molar-refractivity contribution in [2.75, 3.05) is 0 Å². The molecule has 116 valence electrons. The molecule has 0 aromatic heterocycles. The van der Waals surface area contributed by atoms with Crippen LogP contribution in [0.15, 0.2) is 42.1 Å². The molecule has 0 heterocycles. The number of hydrogen-bond donors (Lipinski definition) is 1. The predicted molar refractivity (Wildman–Crippen MR) is 94.4 cm³/mol. The standard InChI is InChI=1S/C19H30OSi/c1-16(19(20)17-10-6-4-7-11-17)14-15-21(2,3)18-12-8-5-9-13-18/h5,8-9,12-17,19-20H,4,6-7,10-11H2,1-3H3/b15-14+/t16-,19-/m0/s1. The molecule has 1 aromatic rings. The summed E-state index contributed by atoms with van der Waals surface area (Å²) in [5.74, 6) is 0.781. The molecule has 0 spiro atoms. The zero-order valence-corrected chi connectivity index (χ0v) is 14.8. The molecule has 0 unspecified atom stereocenters.